The summed E-state index contributed by atoms with van der Waals surface area (Å²) in [5.74, 6) is -3.16. The number of carbonyl (C=O) groups is 1. The van der Waals surface area contributed by atoms with E-state index < -0.39 is 17.5 Å². The van der Waals surface area contributed by atoms with Crippen molar-refractivity contribution < 1.29 is 18.0 Å². The van der Waals surface area contributed by atoms with E-state index in [0.717, 1.165) is 57.5 Å². The Labute approximate surface area is 228 Å². The third-order valence-electron chi connectivity index (χ3n) is 8.07. The van der Waals surface area contributed by atoms with Crippen LogP contribution in [0.3, 0.4) is 0 Å². The fourth-order valence-corrected chi connectivity index (χ4v) is 6.06. The lowest BCUT2D eigenvalue weighted by Crippen LogP contribution is -2.56. The monoisotopic (exact) mass is 538 g/mol. The Hall–Kier alpha value is -3.10. The predicted molar refractivity (Wildman–Crippen MR) is 148 cm³/mol. The lowest BCUT2D eigenvalue weighted by atomic mass is 9.89. The summed E-state index contributed by atoms with van der Waals surface area (Å²) in [7, 11) is 0. The molecule has 0 spiro atoms. The maximum Gasteiger partial charge on any atom is 0.246 e. The van der Waals surface area contributed by atoms with Gasteiger partial charge in [-0.05, 0) is 72.9 Å². The quantitative estimate of drug-likeness (QED) is 0.282. The SMILES string of the molecule is CC(C)CN(C1CCN(C(=O)/C=C/c2cc(F)c(F)c(F)c2)CC1)N1CCC(c2c[nH]c3ccccc23)CC1. The van der Waals surface area contributed by atoms with Crippen molar-refractivity contribution in [3.63, 3.8) is 0 Å². The molecule has 0 aliphatic carbocycles. The van der Waals surface area contributed by atoms with Crippen LogP contribution in [0.5, 0.6) is 0 Å². The van der Waals surface area contributed by atoms with Crippen molar-refractivity contribution in [3.8, 4) is 0 Å². The van der Waals surface area contributed by atoms with E-state index in [1.54, 1.807) is 4.90 Å². The summed E-state index contributed by atoms with van der Waals surface area (Å²) in [6, 6.07) is 10.7. The van der Waals surface area contributed by atoms with Crippen molar-refractivity contribution in [2.45, 2.75) is 51.5 Å². The van der Waals surface area contributed by atoms with Crippen LogP contribution in [-0.2, 0) is 4.79 Å². The molecule has 0 saturated carbocycles. The molecule has 0 bridgehead atoms. The minimum absolute atomic E-state index is 0.119. The number of halogens is 3. The number of hydrazine groups is 1. The number of aromatic amines is 1. The Morgan fingerprint density at radius 3 is 2.36 bits per heavy atom. The molecular weight excluding hydrogens is 501 g/mol. The summed E-state index contributed by atoms with van der Waals surface area (Å²) in [4.78, 5) is 18.0. The second kappa shape index (κ2) is 12.0. The van der Waals surface area contributed by atoms with E-state index in [0.29, 0.717) is 31.0 Å². The predicted octanol–water partition coefficient (Wildman–Crippen LogP) is 6.34. The Morgan fingerprint density at radius 1 is 1.03 bits per heavy atom. The normalized spacial score (nSPS) is 18.3. The fourth-order valence-electron chi connectivity index (χ4n) is 6.06. The first-order chi connectivity index (χ1) is 18.8. The van der Waals surface area contributed by atoms with Crippen LogP contribution < -0.4 is 0 Å². The Kier molecular flexibility index (Phi) is 8.43. The summed E-state index contributed by atoms with van der Waals surface area (Å²) < 4.78 is 40.2. The van der Waals surface area contributed by atoms with Gasteiger partial charge in [0, 0.05) is 61.9 Å². The minimum Gasteiger partial charge on any atom is -0.361 e. The van der Waals surface area contributed by atoms with Crippen LogP contribution in [0.4, 0.5) is 13.2 Å². The van der Waals surface area contributed by atoms with Crippen LogP contribution in [0.2, 0.25) is 0 Å². The van der Waals surface area contributed by atoms with Gasteiger partial charge in [0.25, 0.3) is 0 Å². The standard InChI is InChI=1S/C31H37F3N4O/c1-21(2)20-38(37-15-9-23(10-16-37)26-19-35-29-6-4-3-5-25(26)29)24-11-13-36(14-12-24)30(39)8-7-22-17-27(32)31(34)28(33)18-22/h3-8,17-19,21,23-24,35H,9-16,20H2,1-2H3/b8-7+. The first-order valence-corrected chi connectivity index (χ1v) is 14.0. The molecule has 3 aromatic rings. The second-order valence-corrected chi connectivity index (χ2v) is 11.2. The lowest BCUT2D eigenvalue weighted by Gasteiger charge is -2.47. The summed E-state index contributed by atoms with van der Waals surface area (Å²) in [5.41, 5.74) is 2.74. The van der Waals surface area contributed by atoms with Gasteiger partial charge in [-0.2, -0.15) is 0 Å². The van der Waals surface area contributed by atoms with Gasteiger partial charge in [-0.3, -0.25) is 4.79 Å². The average molecular weight is 539 g/mol. The Balaban J connectivity index is 1.18. The number of para-hydroxylation sites is 1. The van der Waals surface area contributed by atoms with Crippen molar-refractivity contribution >= 4 is 22.9 Å². The Morgan fingerprint density at radius 2 is 1.69 bits per heavy atom. The third-order valence-corrected chi connectivity index (χ3v) is 8.07. The van der Waals surface area contributed by atoms with Crippen LogP contribution in [0.25, 0.3) is 17.0 Å². The maximum absolute atomic E-state index is 13.5. The van der Waals surface area contributed by atoms with Crippen molar-refractivity contribution in [2.75, 3.05) is 32.7 Å². The highest BCUT2D eigenvalue weighted by Gasteiger charge is 2.33. The molecule has 0 atom stereocenters. The zero-order chi connectivity index (χ0) is 27.5. The molecule has 0 radical (unpaired) electrons. The van der Waals surface area contributed by atoms with Crippen molar-refractivity contribution in [2.24, 2.45) is 5.92 Å². The zero-order valence-corrected chi connectivity index (χ0v) is 22.7. The molecule has 2 aliphatic rings. The fraction of sp³-hybridized carbons (Fsp3) is 0.452. The molecule has 2 fully saturated rings. The number of rotatable bonds is 7. The number of aromatic nitrogens is 1. The van der Waals surface area contributed by atoms with Crippen LogP contribution >= 0.6 is 0 Å². The van der Waals surface area contributed by atoms with E-state index in [9.17, 15) is 18.0 Å². The number of nitrogens with zero attached hydrogens (tertiary/aromatic N) is 3. The first-order valence-electron chi connectivity index (χ1n) is 14.0. The largest absolute Gasteiger partial charge is 0.361 e. The van der Waals surface area contributed by atoms with E-state index in [2.05, 4.69) is 59.3 Å². The van der Waals surface area contributed by atoms with Crippen LogP contribution in [0.1, 0.15) is 56.6 Å². The molecule has 1 aromatic heterocycles. The van der Waals surface area contributed by atoms with Gasteiger partial charge in [-0.25, -0.2) is 23.2 Å². The van der Waals surface area contributed by atoms with Crippen LogP contribution in [0.15, 0.2) is 48.7 Å². The molecule has 3 heterocycles. The molecule has 8 heteroatoms. The van der Waals surface area contributed by atoms with Gasteiger partial charge in [0.2, 0.25) is 5.91 Å². The molecule has 39 heavy (non-hydrogen) atoms. The molecule has 2 saturated heterocycles. The van der Waals surface area contributed by atoms with Gasteiger partial charge < -0.3 is 9.88 Å². The van der Waals surface area contributed by atoms with Crippen LogP contribution in [-0.4, -0.2) is 64.6 Å². The summed E-state index contributed by atoms with van der Waals surface area (Å²) in [6.07, 6.45) is 8.80. The minimum atomic E-state index is -1.51. The van der Waals surface area contributed by atoms with E-state index >= 15 is 0 Å². The highest BCUT2D eigenvalue weighted by Crippen LogP contribution is 2.34. The second-order valence-electron chi connectivity index (χ2n) is 11.2. The summed E-state index contributed by atoms with van der Waals surface area (Å²) >= 11 is 0. The van der Waals surface area contributed by atoms with Gasteiger partial charge in [-0.15, -0.1) is 0 Å². The molecule has 5 rings (SSSR count). The smallest absolute Gasteiger partial charge is 0.246 e. The molecule has 1 N–H and O–H groups in total. The van der Waals surface area contributed by atoms with Gasteiger partial charge >= 0.3 is 0 Å². The van der Waals surface area contributed by atoms with E-state index in [4.69, 9.17) is 0 Å². The number of benzene rings is 2. The highest BCUT2D eigenvalue weighted by molar-refractivity contribution is 5.91. The lowest BCUT2D eigenvalue weighted by molar-refractivity contribution is -0.131. The van der Waals surface area contributed by atoms with Crippen molar-refractivity contribution in [1.82, 2.24) is 19.9 Å². The third kappa shape index (κ3) is 6.23. The van der Waals surface area contributed by atoms with Crippen molar-refractivity contribution in [3.05, 3.63) is 77.2 Å². The summed E-state index contributed by atoms with van der Waals surface area (Å²) in [5, 5.41) is 6.42. The zero-order valence-electron chi connectivity index (χ0n) is 22.7. The number of fused-ring (bicyclic) bond motifs is 1. The molecule has 1 amide bonds. The number of hydrogen-bond acceptors (Lipinski definition) is 3. The topological polar surface area (TPSA) is 42.6 Å². The van der Waals surface area contributed by atoms with Gasteiger partial charge in [0.15, 0.2) is 17.5 Å². The number of amides is 1. The molecule has 5 nitrogen and oxygen atoms in total. The molecule has 2 aromatic carbocycles. The van der Waals surface area contributed by atoms with Gasteiger partial charge in [0.1, 0.15) is 0 Å². The number of likely N-dealkylation sites (tertiary alicyclic amines) is 1. The van der Waals surface area contributed by atoms with Gasteiger partial charge in [0.05, 0.1) is 0 Å². The molecule has 2 aliphatic heterocycles. The number of nitrogens with one attached hydrogen (secondary N) is 1. The maximum atomic E-state index is 13.5. The number of H-pyrrole nitrogens is 1. The van der Waals surface area contributed by atoms with Crippen molar-refractivity contribution in [1.29, 1.82) is 0 Å². The average Bonchev–Trinajstić information content (AvgIpc) is 3.38. The number of piperidine rings is 2. The van der Waals surface area contributed by atoms with E-state index in [1.807, 2.05) is 0 Å². The van der Waals surface area contributed by atoms with Crippen LogP contribution in [0, 0.1) is 23.4 Å². The van der Waals surface area contributed by atoms with E-state index in [1.165, 1.54) is 28.6 Å². The summed E-state index contributed by atoms with van der Waals surface area (Å²) in [6.45, 7) is 8.76. The molecular formula is C31H37F3N4O. The highest BCUT2D eigenvalue weighted by atomic mass is 19.2. The first kappa shape index (κ1) is 27.5. The molecule has 0 unspecified atom stereocenters. The van der Waals surface area contributed by atoms with Gasteiger partial charge in [-0.1, -0.05) is 32.0 Å². The number of hydrogen-bond donors (Lipinski definition) is 1. The molecule has 208 valence electrons. The number of carbonyl (C=O) groups excluding carboxylic acids is 1. The Bertz CT molecular complexity index is 1300. The van der Waals surface area contributed by atoms with E-state index in [-0.39, 0.29) is 11.5 Å².